The van der Waals surface area contributed by atoms with Gasteiger partial charge in [-0.1, -0.05) is 58.6 Å². The van der Waals surface area contributed by atoms with Crippen LogP contribution in [0.3, 0.4) is 0 Å². The van der Waals surface area contributed by atoms with Gasteiger partial charge in [0.15, 0.2) is 18.5 Å². The molecule has 6 nitrogen and oxygen atoms in total. The second-order valence-electron chi connectivity index (χ2n) is 5.71. The van der Waals surface area contributed by atoms with Crippen molar-refractivity contribution >= 4 is 62.2 Å². The van der Waals surface area contributed by atoms with E-state index in [0.717, 1.165) is 20.0 Å². The fraction of sp³-hybridized carbons (Fsp3) is 0.400. The minimum Gasteiger partial charge on any atom is -0.352 e. The highest BCUT2D eigenvalue weighted by molar-refractivity contribution is 8.03. The molecular weight excluding hydrogens is 434 g/mol. The average Bonchev–Trinajstić information content (AvgIpc) is 3.18. The summed E-state index contributed by atoms with van der Waals surface area (Å²) in [5.74, 6) is 0.978. The minimum atomic E-state index is -2.99. The van der Waals surface area contributed by atoms with Crippen LogP contribution in [0.15, 0.2) is 32.9 Å². The number of nitrogens with one attached hydrogen (secondary N) is 1. The molecule has 1 unspecified atom stereocenters. The van der Waals surface area contributed by atoms with Crippen molar-refractivity contribution in [3.05, 3.63) is 34.9 Å². The molecule has 3 rings (SSSR count). The Morgan fingerprint density at radius 3 is 2.58 bits per heavy atom. The second-order valence-corrected chi connectivity index (χ2v) is 11.8. The monoisotopic (exact) mass is 449 g/mol. The molecule has 1 aromatic carbocycles. The van der Waals surface area contributed by atoms with Crippen LogP contribution >= 0.6 is 46.5 Å². The smallest absolute Gasteiger partial charge is 0.230 e. The molecule has 0 spiro atoms. The number of rotatable bonds is 7. The van der Waals surface area contributed by atoms with Gasteiger partial charge in [0.25, 0.3) is 0 Å². The number of thioether (sulfide) groups is 2. The lowest BCUT2D eigenvalue weighted by Gasteiger charge is -2.09. The maximum Gasteiger partial charge on any atom is 0.230 e. The van der Waals surface area contributed by atoms with Crippen molar-refractivity contribution in [1.29, 1.82) is 0 Å². The van der Waals surface area contributed by atoms with Gasteiger partial charge in [-0.25, -0.2) is 8.42 Å². The minimum absolute atomic E-state index is 0.0354. The topological polar surface area (TPSA) is 89.0 Å². The van der Waals surface area contributed by atoms with Gasteiger partial charge >= 0.3 is 0 Å². The number of hydrogen-bond donors (Lipinski definition) is 1. The van der Waals surface area contributed by atoms with Crippen LogP contribution < -0.4 is 5.32 Å². The Bertz CT molecular complexity index is 871. The Morgan fingerprint density at radius 1 is 1.23 bits per heavy atom. The van der Waals surface area contributed by atoms with Gasteiger partial charge < -0.3 is 5.32 Å². The molecule has 2 aromatic rings. The molecule has 1 saturated heterocycles. The van der Waals surface area contributed by atoms with E-state index >= 15 is 0 Å². The number of carbonyl (C=O) groups is 1. The van der Waals surface area contributed by atoms with Crippen molar-refractivity contribution in [2.45, 2.75) is 26.9 Å². The molecule has 1 fully saturated rings. The molecule has 0 bridgehead atoms. The third-order valence-corrected chi connectivity index (χ3v) is 8.87. The Morgan fingerprint density at radius 2 is 1.92 bits per heavy atom. The van der Waals surface area contributed by atoms with Crippen molar-refractivity contribution < 1.29 is 13.2 Å². The van der Waals surface area contributed by atoms with Gasteiger partial charge in [0.1, 0.15) is 0 Å². The Kier molecular flexibility index (Phi) is 6.84. The Hall–Kier alpha value is -0.810. The van der Waals surface area contributed by atoms with E-state index < -0.39 is 9.84 Å². The van der Waals surface area contributed by atoms with Gasteiger partial charge in [-0.05, 0) is 24.1 Å². The van der Waals surface area contributed by atoms with Crippen molar-refractivity contribution in [1.82, 2.24) is 15.5 Å². The SMILES string of the molecule is O=C(CSc1nnc(SCc2ccc(Cl)cc2)s1)NC1CCS(=O)(=O)C1. The first kappa shape index (κ1) is 19.9. The predicted molar refractivity (Wildman–Crippen MR) is 107 cm³/mol. The predicted octanol–water partition coefficient (Wildman–Crippen LogP) is 2.88. The highest BCUT2D eigenvalue weighted by Gasteiger charge is 2.28. The summed E-state index contributed by atoms with van der Waals surface area (Å²) in [6.07, 6.45) is 0.489. The van der Waals surface area contributed by atoms with Gasteiger partial charge in [0, 0.05) is 16.8 Å². The van der Waals surface area contributed by atoms with E-state index in [1.807, 2.05) is 24.3 Å². The second kappa shape index (κ2) is 8.92. The lowest BCUT2D eigenvalue weighted by atomic mass is 10.2. The number of sulfone groups is 1. The number of halogens is 1. The van der Waals surface area contributed by atoms with Crippen LogP contribution in [0.5, 0.6) is 0 Å². The van der Waals surface area contributed by atoms with Crippen molar-refractivity contribution in [2.24, 2.45) is 0 Å². The lowest BCUT2D eigenvalue weighted by Crippen LogP contribution is -2.36. The molecule has 1 atom stereocenters. The Labute approximate surface area is 169 Å². The largest absolute Gasteiger partial charge is 0.352 e. The average molecular weight is 450 g/mol. The summed E-state index contributed by atoms with van der Waals surface area (Å²) in [4.78, 5) is 11.9. The highest BCUT2D eigenvalue weighted by atomic mass is 35.5. The standard InChI is InChI=1S/C15H16ClN3O3S4/c16-11-3-1-10(2-4-11)7-23-14-18-19-15(25-14)24-8-13(20)17-12-5-6-26(21,22)9-12/h1-4,12H,5-9H2,(H,17,20). The first-order valence-electron chi connectivity index (χ1n) is 7.73. The molecule has 1 amide bonds. The summed E-state index contributed by atoms with van der Waals surface area (Å²) in [6, 6.07) is 7.38. The van der Waals surface area contributed by atoms with Crippen LogP contribution in [0.1, 0.15) is 12.0 Å². The van der Waals surface area contributed by atoms with E-state index in [1.165, 1.54) is 23.1 Å². The number of aromatic nitrogens is 2. The van der Waals surface area contributed by atoms with E-state index in [1.54, 1.807) is 11.8 Å². The van der Waals surface area contributed by atoms with Gasteiger partial charge in [0.05, 0.1) is 17.3 Å². The lowest BCUT2D eigenvalue weighted by molar-refractivity contribution is -0.119. The molecule has 26 heavy (non-hydrogen) atoms. The van der Waals surface area contributed by atoms with Crippen molar-refractivity contribution in [2.75, 3.05) is 17.3 Å². The quantitative estimate of drug-likeness (QED) is 0.650. The maximum atomic E-state index is 11.9. The van der Waals surface area contributed by atoms with Gasteiger partial charge in [-0.2, -0.15) is 0 Å². The van der Waals surface area contributed by atoms with E-state index in [0.29, 0.717) is 11.4 Å². The zero-order valence-corrected chi connectivity index (χ0v) is 17.6. The van der Waals surface area contributed by atoms with E-state index in [2.05, 4.69) is 15.5 Å². The number of hydrogen-bond acceptors (Lipinski definition) is 8. The zero-order valence-electron chi connectivity index (χ0n) is 13.6. The number of benzene rings is 1. The third kappa shape index (κ3) is 6.12. The van der Waals surface area contributed by atoms with E-state index in [4.69, 9.17) is 11.6 Å². The molecule has 1 aliphatic rings. The first-order valence-corrected chi connectivity index (χ1v) is 12.7. The summed E-state index contributed by atoms with van der Waals surface area (Å²) in [6.45, 7) is 0. The molecule has 0 aliphatic carbocycles. The first-order chi connectivity index (χ1) is 12.4. The summed E-state index contributed by atoms with van der Waals surface area (Å²) in [5, 5.41) is 11.7. The molecular formula is C15H16ClN3O3S4. The number of amides is 1. The molecule has 140 valence electrons. The van der Waals surface area contributed by atoms with Crippen molar-refractivity contribution in [3.8, 4) is 0 Å². The van der Waals surface area contributed by atoms with Crippen LogP contribution in [0.25, 0.3) is 0 Å². The number of nitrogens with zero attached hydrogens (tertiary/aromatic N) is 2. The molecule has 0 radical (unpaired) electrons. The van der Waals surface area contributed by atoms with Gasteiger partial charge in [0.2, 0.25) is 5.91 Å². The normalized spacial score (nSPS) is 18.7. The molecule has 0 saturated carbocycles. The molecule has 1 aromatic heterocycles. The fourth-order valence-electron chi connectivity index (χ4n) is 2.34. The molecule has 1 N–H and O–H groups in total. The van der Waals surface area contributed by atoms with Crippen LogP contribution in [-0.2, 0) is 20.4 Å². The fourth-order valence-corrected chi connectivity index (χ4v) is 6.93. The van der Waals surface area contributed by atoms with Gasteiger partial charge in [-0.15, -0.1) is 10.2 Å². The summed E-state index contributed by atoms with van der Waals surface area (Å²) in [5.41, 5.74) is 1.15. The maximum absolute atomic E-state index is 11.9. The van der Waals surface area contributed by atoms with Crippen LogP contribution in [0.2, 0.25) is 5.02 Å². The zero-order chi connectivity index (χ0) is 18.6. The molecule has 2 heterocycles. The Balaban J connectivity index is 1.42. The number of carbonyl (C=O) groups excluding carboxylic acids is 1. The van der Waals surface area contributed by atoms with Gasteiger partial charge in [-0.3, -0.25) is 4.79 Å². The highest BCUT2D eigenvalue weighted by Crippen LogP contribution is 2.30. The molecule has 11 heteroatoms. The van der Waals surface area contributed by atoms with E-state index in [-0.39, 0.29) is 29.2 Å². The van der Waals surface area contributed by atoms with Crippen LogP contribution in [0.4, 0.5) is 0 Å². The third-order valence-electron chi connectivity index (χ3n) is 3.59. The van der Waals surface area contributed by atoms with Crippen LogP contribution in [-0.4, -0.2) is 47.8 Å². The van der Waals surface area contributed by atoms with Crippen LogP contribution in [0, 0.1) is 0 Å². The summed E-state index contributed by atoms with van der Waals surface area (Å²) < 4.78 is 24.4. The summed E-state index contributed by atoms with van der Waals surface area (Å²) >= 11 is 10.2. The van der Waals surface area contributed by atoms with Crippen molar-refractivity contribution in [3.63, 3.8) is 0 Å². The van der Waals surface area contributed by atoms with E-state index in [9.17, 15) is 13.2 Å². The summed E-state index contributed by atoms with van der Waals surface area (Å²) in [7, 11) is -2.99. The molecule has 1 aliphatic heterocycles.